The van der Waals surface area contributed by atoms with Gasteiger partial charge >= 0.3 is 6.18 Å². The molecule has 28 heavy (non-hydrogen) atoms. The maximum absolute atomic E-state index is 13.1. The van der Waals surface area contributed by atoms with E-state index in [0.29, 0.717) is 27.0 Å². The summed E-state index contributed by atoms with van der Waals surface area (Å²) in [7, 11) is 1.56. The Labute approximate surface area is 163 Å². The number of alkyl halides is 3. The lowest BCUT2D eigenvalue weighted by Crippen LogP contribution is -2.17. The molecule has 0 atom stereocenters. The van der Waals surface area contributed by atoms with E-state index in [4.69, 9.17) is 0 Å². The van der Waals surface area contributed by atoms with Gasteiger partial charge < -0.3 is 5.32 Å². The number of halogens is 3. The van der Waals surface area contributed by atoms with Crippen LogP contribution in [0.15, 0.2) is 30.3 Å². The molecule has 1 N–H and O–H groups in total. The molecule has 0 saturated heterocycles. The zero-order valence-electron chi connectivity index (χ0n) is 15.2. The van der Waals surface area contributed by atoms with E-state index in [1.54, 1.807) is 38.2 Å². The van der Waals surface area contributed by atoms with Crippen LogP contribution < -0.4 is 5.32 Å². The molecule has 2 heterocycles. The van der Waals surface area contributed by atoms with Crippen molar-refractivity contribution < 1.29 is 18.0 Å². The van der Waals surface area contributed by atoms with Gasteiger partial charge in [-0.15, -0.1) is 11.3 Å². The molecule has 3 aromatic rings. The van der Waals surface area contributed by atoms with E-state index in [0.717, 1.165) is 24.5 Å². The highest BCUT2D eigenvalue weighted by molar-refractivity contribution is 7.17. The van der Waals surface area contributed by atoms with Gasteiger partial charge in [-0.25, -0.2) is 9.67 Å². The molecule has 0 aliphatic heterocycles. The first-order valence-corrected chi connectivity index (χ1v) is 9.57. The highest BCUT2D eigenvalue weighted by Crippen LogP contribution is 2.43. The summed E-state index contributed by atoms with van der Waals surface area (Å²) in [6, 6.07) is 8.17. The number of benzene rings is 1. The number of thiazole rings is 1. The van der Waals surface area contributed by atoms with E-state index >= 15 is 0 Å². The Balaban J connectivity index is 1.68. The number of carbonyl (C=O) groups is 1. The van der Waals surface area contributed by atoms with Crippen LogP contribution in [0.2, 0.25) is 0 Å². The van der Waals surface area contributed by atoms with Crippen molar-refractivity contribution in [1.29, 1.82) is 0 Å². The molecular formula is C19H17F3N4OS. The summed E-state index contributed by atoms with van der Waals surface area (Å²) in [5.74, 6) is -0.0665. The highest BCUT2D eigenvalue weighted by Gasteiger charge is 2.38. The van der Waals surface area contributed by atoms with Crippen LogP contribution >= 0.6 is 11.3 Å². The molecule has 0 spiro atoms. The molecule has 0 bridgehead atoms. The number of aryl methyl sites for hydroxylation is 1. The van der Waals surface area contributed by atoms with Gasteiger partial charge in [-0.1, -0.05) is 0 Å². The Hall–Kier alpha value is -2.68. The maximum Gasteiger partial charge on any atom is 0.435 e. The molecule has 146 valence electrons. The molecule has 1 aliphatic rings. The SMILES string of the molecule is CNC(=O)c1sc(-c2ccc(-n3nc(C(F)(F)F)cc3C3CC3)cc2)nc1C. The van der Waals surface area contributed by atoms with Gasteiger partial charge in [0.15, 0.2) is 5.69 Å². The third-order valence-corrected chi connectivity index (χ3v) is 5.82. The summed E-state index contributed by atoms with van der Waals surface area (Å²) < 4.78 is 40.6. The van der Waals surface area contributed by atoms with Crippen molar-refractivity contribution in [3.05, 3.63) is 52.3 Å². The summed E-state index contributed by atoms with van der Waals surface area (Å²) in [4.78, 5) is 16.8. The number of carbonyl (C=O) groups excluding carboxylic acids is 1. The smallest absolute Gasteiger partial charge is 0.354 e. The Bertz CT molecular complexity index is 1030. The number of hydrogen-bond donors (Lipinski definition) is 1. The molecule has 9 heteroatoms. The monoisotopic (exact) mass is 406 g/mol. The molecule has 1 aliphatic carbocycles. The van der Waals surface area contributed by atoms with E-state index in [-0.39, 0.29) is 11.8 Å². The molecule has 1 saturated carbocycles. The van der Waals surface area contributed by atoms with Crippen LogP contribution in [0.1, 0.15) is 45.5 Å². The van der Waals surface area contributed by atoms with Crippen molar-refractivity contribution in [2.75, 3.05) is 7.05 Å². The fourth-order valence-electron chi connectivity index (χ4n) is 3.00. The number of aromatic nitrogens is 3. The van der Waals surface area contributed by atoms with Gasteiger partial charge in [0.2, 0.25) is 0 Å². The second-order valence-corrected chi connectivity index (χ2v) is 7.70. The molecule has 0 unspecified atom stereocenters. The number of nitrogens with zero attached hydrogens (tertiary/aromatic N) is 3. The Morgan fingerprint density at radius 1 is 1.25 bits per heavy atom. The van der Waals surface area contributed by atoms with E-state index in [1.165, 1.54) is 16.0 Å². The predicted octanol–water partition coefficient (Wildman–Crippen LogP) is 4.56. The fourth-order valence-corrected chi connectivity index (χ4v) is 4.02. The summed E-state index contributed by atoms with van der Waals surface area (Å²) in [6.45, 7) is 1.77. The minimum absolute atomic E-state index is 0.125. The van der Waals surface area contributed by atoms with Crippen LogP contribution in [0.4, 0.5) is 13.2 Å². The van der Waals surface area contributed by atoms with E-state index < -0.39 is 11.9 Å². The first-order chi connectivity index (χ1) is 13.3. The van der Waals surface area contributed by atoms with E-state index in [9.17, 15) is 18.0 Å². The van der Waals surface area contributed by atoms with Gasteiger partial charge in [0.1, 0.15) is 9.88 Å². The van der Waals surface area contributed by atoms with Crippen molar-refractivity contribution in [2.24, 2.45) is 0 Å². The minimum atomic E-state index is -4.47. The summed E-state index contributed by atoms with van der Waals surface area (Å²) in [5, 5.41) is 7.06. The molecular weight excluding hydrogens is 389 g/mol. The van der Waals surface area contributed by atoms with Crippen LogP contribution in [0.25, 0.3) is 16.3 Å². The predicted molar refractivity (Wildman–Crippen MR) is 99.8 cm³/mol. The Morgan fingerprint density at radius 3 is 2.50 bits per heavy atom. The molecule has 4 rings (SSSR count). The first kappa shape index (κ1) is 18.7. The van der Waals surface area contributed by atoms with Gasteiger partial charge in [-0.3, -0.25) is 4.79 Å². The van der Waals surface area contributed by atoms with Crippen LogP contribution in [0.5, 0.6) is 0 Å². The quantitative estimate of drug-likeness (QED) is 0.691. The Morgan fingerprint density at radius 2 is 1.93 bits per heavy atom. The second kappa shape index (κ2) is 6.73. The largest absolute Gasteiger partial charge is 0.435 e. The topological polar surface area (TPSA) is 59.8 Å². The van der Waals surface area contributed by atoms with Crippen molar-refractivity contribution in [1.82, 2.24) is 20.1 Å². The van der Waals surface area contributed by atoms with Crippen molar-refractivity contribution in [3.8, 4) is 16.3 Å². The van der Waals surface area contributed by atoms with Crippen LogP contribution in [-0.4, -0.2) is 27.7 Å². The third kappa shape index (κ3) is 3.42. The van der Waals surface area contributed by atoms with Crippen LogP contribution in [0, 0.1) is 6.92 Å². The molecule has 1 fully saturated rings. The van der Waals surface area contributed by atoms with Crippen molar-refractivity contribution in [2.45, 2.75) is 31.9 Å². The number of hydrogen-bond acceptors (Lipinski definition) is 4. The molecule has 0 radical (unpaired) electrons. The minimum Gasteiger partial charge on any atom is -0.354 e. The normalized spacial score (nSPS) is 14.3. The summed E-state index contributed by atoms with van der Waals surface area (Å²) in [6.07, 6.45) is -2.72. The van der Waals surface area contributed by atoms with Crippen molar-refractivity contribution >= 4 is 17.2 Å². The molecule has 1 aromatic carbocycles. The van der Waals surface area contributed by atoms with E-state index in [1.807, 2.05) is 0 Å². The lowest BCUT2D eigenvalue weighted by molar-refractivity contribution is -0.141. The van der Waals surface area contributed by atoms with E-state index in [2.05, 4.69) is 15.4 Å². The fraction of sp³-hybridized carbons (Fsp3) is 0.316. The third-order valence-electron chi connectivity index (χ3n) is 4.61. The van der Waals surface area contributed by atoms with Gasteiger partial charge in [0, 0.05) is 24.2 Å². The van der Waals surface area contributed by atoms with Crippen LogP contribution in [-0.2, 0) is 6.18 Å². The molecule has 5 nitrogen and oxygen atoms in total. The van der Waals surface area contributed by atoms with Gasteiger partial charge in [0.25, 0.3) is 5.91 Å². The average Bonchev–Trinajstić information content (AvgIpc) is 3.28. The van der Waals surface area contributed by atoms with Gasteiger partial charge in [0.05, 0.1) is 11.4 Å². The van der Waals surface area contributed by atoms with Crippen molar-refractivity contribution in [3.63, 3.8) is 0 Å². The average molecular weight is 406 g/mol. The maximum atomic E-state index is 13.1. The summed E-state index contributed by atoms with van der Waals surface area (Å²) >= 11 is 1.28. The number of amides is 1. The zero-order valence-corrected chi connectivity index (χ0v) is 16.0. The number of rotatable bonds is 4. The second-order valence-electron chi connectivity index (χ2n) is 6.70. The first-order valence-electron chi connectivity index (χ1n) is 8.75. The summed E-state index contributed by atoms with van der Waals surface area (Å²) in [5.41, 5.74) is 1.72. The lowest BCUT2D eigenvalue weighted by Gasteiger charge is -2.07. The standard InChI is InChI=1S/C19H17F3N4OS/c1-10-16(17(27)23-2)28-18(24-10)12-5-7-13(8-6-12)26-14(11-3-4-11)9-15(25-26)19(20,21)22/h5-9,11H,3-4H2,1-2H3,(H,23,27). The lowest BCUT2D eigenvalue weighted by atomic mass is 10.2. The van der Waals surface area contributed by atoms with Gasteiger partial charge in [-0.2, -0.15) is 18.3 Å². The van der Waals surface area contributed by atoms with Gasteiger partial charge in [-0.05, 0) is 50.1 Å². The molecule has 1 amide bonds. The Kier molecular flexibility index (Phi) is 4.49. The van der Waals surface area contributed by atoms with Crippen LogP contribution in [0.3, 0.4) is 0 Å². The highest BCUT2D eigenvalue weighted by atomic mass is 32.1. The zero-order chi connectivity index (χ0) is 20.1. The number of nitrogens with one attached hydrogen (secondary N) is 1. The molecule has 2 aromatic heterocycles.